The quantitative estimate of drug-likeness (QED) is 0.536. The summed E-state index contributed by atoms with van der Waals surface area (Å²) in [5.74, 6) is -0.146. The molecule has 1 unspecified atom stereocenters. The largest absolute Gasteiger partial charge is 0.376 e. The molecule has 2 aromatic carbocycles. The van der Waals surface area contributed by atoms with Gasteiger partial charge in [-0.15, -0.1) is 0 Å². The molecule has 0 bridgehead atoms. The molecule has 0 aromatic heterocycles. The molecule has 7 heteroatoms. The van der Waals surface area contributed by atoms with E-state index in [0.717, 1.165) is 30.7 Å². The summed E-state index contributed by atoms with van der Waals surface area (Å²) in [4.78, 5) is 28.6. The molecule has 1 saturated heterocycles. The molecule has 1 fully saturated rings. The molecule has 1 aliphatic rings. The predicted octanol–water partition coefficient (Wildman–Crippen LogP) is 3.33. The van der Waals surface area contributed by atoms with Crippen molar-refractivity contribution in [2.24, 2.45) is 4.99 Å². The minimum absolute atomic E-state index is 0.0734. The summed E-state index contributed by atoms with van der Waals surface area (Å²) in [6, 6.07) is 14.6. The van der Waals surface area contributed by atoms with Gasteiger partial charge < -0.3 is 15.4 Å². The fourth-order valence-electron chi connectivity index (χ4n) is 3.07. The van der Waals surface area contributed by atoms with E-state index in [1.807, 2.05) is 31.2 Å². The second-order valence-corrected chi connectivity index (χ2v) is 7.03. The lowest BCUT2D eigenvalue weighted by atomic mass is 10.2. The van der Waals surface area contributed by atoms with Gasteiger partial charge in [0.15, 0.2) is 0 Å². The summed E-state index contributed by atoms with van der Waals surface area (Å²) < 4.78 is 5.63. The summed E-state index contributed by atoms with van der Waals surface area (Å²) in [6.45, 7) is 4.65. The maximum absolute atomic E-state index is 12.8. The average molecular weight is 394 g/mol. The molecule has 1 aliphatic heterocycles. The Labute approximate surface area is 170 Å². The van der Waals surface area contributed by atoms with Gasteiger partial charge in [-0.25, -0.2) is 4.99 Å². The Hall–Kier alpha value is -3.19. The van der Waals surface area contributed by atoms with Gasteiger partial charge in [0.1, 0.15) is 0 Å². The number of nitrogens with zero attached hydrogens (tertiary/aromatic N) is 1. The van der Waals surface area contributed by atoms with Gasteiger partial charge in [0, 0.05) is 30.5 Å². The molecule has 3 N–H and O–H groups in total. The second kappa shape index (κ2) is 9.84. The second-order valence-electron chi connectivity index (χ2n) is 7.03. The van der Waals surface area contributed by atoms with Gasteiger partial charge in [-0.3, -0.25) is 14.9 Å². The number of ether oxygens (including phenoxy) is 1. The highest BCUT2D eigenvalue weighted by Gasteiger charge is 2.16. The van der Waals surface area contributed by atoms with Crippen LogP contribution in [-0.2, 0) is 9.53 Å². The van der Waals surface area contributed by atoms with Crippen LogP contribution in [-0.4, -0.2) is 37.0 Å². The predicted molar refractivity (Wildman–Crippen MR) is 114 cm³/mol. The molecular weight excluding hydrogens is 368 g/mol. The summed E-state index contributed by atoms with van der Waals surface area (Å²) in [5, 5.41) is 8.70. The van der Waals surface area contributed by atoms with E-state index < -0.39 is 0 Å². The highest BCUT2D eigenvalue weighted by atomic mass is 16.5. The molecule has 0 spiro atoms. The fraction of sp³-hybridized carbons (Fsp3) is 0.318. The van der Waals surface area contributed by atoms with Crippen LogP contribution in [0.1, 0.15) is 35.7 Å². The average Bonchev–Trinajstić information content (AvgIpc) is 3.19. The Kier molecular flexibility index (Phi) is 6.97. The van der Waals surface area contributed by atoms with Crippen LogP contribution in [0.3, 0.4) is 0 Å². The van der Waals surface area contributed by atoms with Crippen LogP contribution in [0, 0.1) is 6.92 Å². The summed E-state index contributed by atoms with van der Waals surface area (Å²) in [7, 11) is 0. The lowest BCUT2D eigenvalue weighted by Crippen LogP contribution is -2.36. The number of amides is 2. The van der Waals surface area contributed by atoms with Gasteiger partial charge in [0.2, 0.25) is 11.9 Å². The molecule has 7 nitrogen and oxygen atoms in total. The number of benzene rings is 2. The van der Waals surface area contributed by atoms with E-state index >= 15 is 0 Å². The molecule has 0 aliphatic carbocycles. The number of hydrogen-bond donors (Lipinski definition) is 3. The molecule has 3 rings (SSSR count). The number of aliphatic imine (C=N–C) groups is 1. The van der Waals surface area contributed by atoms with Crippen molar-refractivity contribution in [3.8, 4) is 0 Å². The van der Waals surface area contributed by atoms with Crippen molar-refractivity contribution in [2.45, 2.75) is 32.8 Å². The van der Waals surface area contributed by atoms with E-state index in [1.54, 1.807) is 24.3 Å². The van der Waals surface area contributed by atoms with Gasteiger partial charge >= 0.3 is 0 Å². The Bertz CT molecular complexity index is 904. The maximum atomic E-state index is 12.8. The highest BCUT2D eigenvalue weighted by Crippen LogP contribution is 2.14. The molecular formula is C22H26N4O3. The van der Waals surface area contributed by atoms with Crippen molar-refractivity contribution in [1.82, 2.24) is 5.32 Å². The summed E-state index contributed by atoms with van der Waals surface area (Å²) in [6.07, 6.45) is 2.07. The van der Waals surface area contributed by atoms with E-state index in [9.17, 15) is 9.59 Å². The van der Waals surface area contributed by atoms with Gasteiger partial charge in [-0.2, -0.15) is 0 Å². The van der Waals surface area contributed by atoms with Crippen molar-refractivity contribution in [3.05, 3.63) is 59.7 Å². The van der Waals surface area contributed by atoms with Crippen molar-refractivity contribution in [2.75, 3.05) is 23.8 Å². The normalized spacial score (nSPS) is 16.3. The third-order valence-electron chi connectivity index (χ3n) is 4.43. The standard InChI is InChI=1S/C22H26N4O3/c1-15-6-3-8-18(12-15)25-22(23-14-20-10-5-11-29-20)26-21(28)17-7-4-9-19(13-17)24-16(2)27/h3-4,6-9,12-13,20H,5,10-11,14H2,1-2H3,(H,24,27)(H2,23,25,26,28). The number of rotatable bonds is 5. The van der Waals surface area contributed by atoms with Crippen LogP contribution >= 0.6 is 0 Å². The molecule has 2 aromatic rings. The maximum Gasteiger partial charge on any atom is 0.258 e. The molecule has 1 atom stereocenters. The van der Waals surface area contributed by atoms with E-state index in [2.05, 4.69) is 20.9 Å². The van der Waals surface area contributed by atoms with Crippen molar-refractivity contribution < 1.29 is 14.3 Å². The van der Waals surface area contributed by atoms with Crippen molar-refractivity contribution in [1.29, 1.82) is 0 Å². The first-order valence-electron chi connectivity index (χ1n) is 9.68. The molecule has 152 valence electrons. The minimum atomic E-state index is -0.316. The Morgan fingerprint density at radius 2 is 1.86 bits per heavy atom. The molecule has 2 amide bonds. The van der Waals surface area contributed by atoms with Crippen LogP contribution in [0.2, 0.25) is 0 Å². The number of guanidine groups is 1. The highest BCUT2D eigenvalue weighted by molar-refractivity contribution is 6.10. The number of carbonyl (C=O) groups excluding carboxylic acids is 2. The van der Waals surface area contributed by atoms with Crippen LogP contribution in [0.4, 0.5) is 11.4 Å². The smallest absolute Gasteiger partial charge is 0.258 e. The van der Waals surface area contributed by atoms with Crippen LogP contribution in [0.5, 0.6) is 0 Å². The first-order valence-corrected chi connectivity index (χ1v) is 9.68. The molecule has 29 heavy (non-hydrogen) atoms. The number of carbonyl (C=O) groups is 2. The topological polar surface area (TPSA) is 91.8 Å². The number of hydrogen-bond acceptors (Lipinski definition) is 4. The van der Waals surface area contributed by atoms with Gasteiger partial charge in [0.05, 0.1) is 12.6 Å². The van der Waals surface area contributed by atoms with Gasteiger partial charge in [-0.1, -0.05) is 18.2 Å². The summed E-state index contributed by atoms with van der Waals surface area (Å²) in [5.41, 5.74) is 2.92. The lowest BCUT2D eigenvalue weighted by Gasteiger charge is -2.14. The molecule has 1 heterocycles. The first kappa shape index (κ1) is 20.5. The zero-order valence-corrected chi connectivity index (χ0v) is 16.7. The molecule has 0 radical (unpaired) electrons. The Morgan fingerprint density at radius 1 is 1.10 bits per heavy atom. The minimum Gasteiger partial charge on any atom is -0.376 e. The van der Waals surface area contributed by atoms with Crippen molar-refractivity contribution in [3.63, 3.8) is 0 Å². The first-order chi connectivity index (χ1) is 14.0. The fourth-order valence-corrected chi connectivity index (χ4v) is 3.07. The van der Waals surface area contributed by atoms with Crippen molar-refractivity contribution >= 4 is 29.1 Å². The zero-order chi connectivity index (χ0) is 20.6. The monoisotopic (exact) mass is 394 g/mol. The van der Waals surface area contributed by atoms with Gasteiger partial charge in [-0.05, 0) is 55.7 Å². The Balaban J connectivity index is 1.75. The zero-order valence-electron chi connectivity index (χ0n) is 16.7. The van der Waals surface area contributed by atoms with E-state index in [-0.39, 0.29) is 17.9 Å². The third kappa shape index (κ3) is 6.43. The van der Waals surface area contributed by atoms with Crippen LogP contribution < -0.4 is 16.0 Å². The third-order valence-corrected chi connectivity index (χ3v) is 4.43. The lowest BCUT2D eigenvalue weighted by molar-refractivity contribution is -0.114. The van der Waals surface area contributed by atoms with E-state index in [4.69, 9.17) is 4.74 Å². The summed E-state index contributed by atoms with van der Waals surface area (Å²) >= 11 is 0. The van der Waals surface area contributed by atoms with Crippen LogP contribution in [0.15, 0.2) is 53.5 Å². The van der Waals surface area contributed by atoms with Gasteiger partial charge in [0.25, 0.3) is 5.91 Å². The number of anilines is 2. The van der Waals surface area contributed by atoms with Crippen LogP contribution in [0.25, 0.3) is 0 Å². The number of nitrogens with one attached hydrogen (secondary N) is 3. The van der Waals surface area contributed by atoms with E-state index in [1.165, 1.54) is 6.92 Å². The van der Waals surface area contributed by atoms with E-state index in [0.29, 0.717) is 23.8 Å². The SMILES string of the molecule is CC(=O)Nc1cccc(C(=O)NC(=NCC2CCCO2)Nc2cccc(C)c2)c1. The molecule has 0 saturated carbocycles. The number of aryl methyl sites for hydroxylation is 1. The Morgan fingerprint density at radius 3 is 2.55 bits per heavy atom.